The molecule has 3 unspecified atom stereocenters. The van der Waals surface area contributed by atoms with Gasteiger partial charge in [-0.25, -0.2) is 0 Å². The molecule has 1 aromatic heterocycles. The number of rotatable bonds is 3. The van der Waals surface area contributed by atoms with Crippen LogP contribution >= 0.6 is 46.5 Å². The molecule has 1 fully saturated rings. The van der Waals surface area contributed by atoms with Gasteiger partial charge in [0.15, 0.2) is 0 Å². The summed E-state index contributed by atoms with van der Waals surface area (Å²) >= 11 is 11.9. The maximum Gasteiger partial charge on any atom is 0.0561 e. The molecule has 0 saturated carbocycles. The van der Waals surface area contributed by atoms with E-state index >= 15 is 0 Å². The van der Waals surface area contributed by atoms with Gasteiger partial charge >= 0.3 is 0 Å². The first-order valence-electron chi connectivity index (χ1n) is 5.45. The van der Waals surface area contributed by atoms with Crippen LogP contribution in [0.4, 0.5) is 0 Å². The minimum absolute atomic E-state index is 0.0928. The Morgan fingerprint density at radius 1 is 1.50 bits per heavy atom. The molecule has 2 N–H and O–H groups in total. The lowest BCUT2D eigenvalue weighted by molar-refractivity contribution is 0.639. The van der Waals surface area contributed by atoms with E-state index < -0.39 is 0 Å². The normalized spacial score (nSPS) is 27.9. The smallest absolute Gasteiger partial charge is 0.0561 e. The van der Waals surface area contributed by atoms with Gasteiger partial charge in [0.25, 0.3) is 0 Å². The number of hydrogen-bond acceptors (Lipinski definition) is 4. The van der Waals surface area contributed by atoms with Gasteiger partial charge in [0, 0.05) is 26.9 Å². The van der Waals surface area contributed by atoms with E-state index in [1.807, 2.05) is 23.2 Å². The van der Waals surface area contributed by atoms with Gasteiger partial charge in [0.05, 0.1) is 11.1 Å². The van der Waals surface area contributed by atoms with Crippen molar-refractivity contribution in [1.82, 2.24) is 0 Å². The zero-order valence-electron chi connectivity index (χ0n) is 9.19. The molecule has 1 saturated heterocycles. The summed E-state index contributed by atoms with van der Waals surface area (Å²) in [5.41, 5.74) is 6.37. The van der Waals surface area contributed by atoms with E-state index in [1.165, 1.54) is 17.9 Å². The topological polar surface area (TPSA) is 26.0 Å². The number of halogens is 1. The Labute approximate surface area is 115 Å². The van der Waals surface area contributed by atoms with E-state index in [9.17, 15) is 0 Å². The third-order valence-electron chi connectivity index (χ3n) is 2.80. The zero-order chi connectivity index (χ0) is 11.5. The van der Waals surface area contributed by atoms with Crippen LogP contribution in [0.25, 0.3) is 0 Å². The first-order chi connectivity index (χ1) is 7.74. The Morgan fingerprint density at radius 2 is 2.25 bits per heavy atom. The summed E-state index contributed by atoms with van der Waals surface area (Å²) in [6.07, 6.45) is 1.19. The lowest BCUT2D eigenvalue weighted by atomic mass is 10.1. The van der Waals surface area contributed by atoms with Gasteiger partial charge in [-0.1, -0.05) is 18.5 Å². The van der Waals surface area contributed by atoms with E-state index in [0.29, 0.717) is 10.5 Å². The van der Waals surface area contributed by atoms with Crippen molar-refractivity contribution >= 4 is 46.5 Å². The summed E-state index contributed by atoms with van der Waals surface area (Å²) in [6, 6.07) is 2.04. The molecule has 0 aliphatic carbocycles. The van der Waals surface area contributed by atoms with Gasteiger partial charge in [0.2, 0.25) is 0 Å². The number of thioether (sulfide) groups is 2. The maximum absolute atomic E-state index is 6.37. The highest BCUT2D eigenvalue weighted by atomic mass is 35.5. The minimum Gasteiger partial charge on any atom is -0.322 e. The Balaban J connectivity index is 2.13. The second-order valence-electron chi connectivity index (χ2n) is 3.81. The fraction of sp³-hybridized carbons (Fsp3) is 0.636. The van der Waals surface area contributed by atoms with Gasteiger partial charge < -0.3 is 5.73 Å². The highest BCUT2D eigenvalue weighted by Crippen LogP contribution is 2.41. The second kappa shape index (κ2) is 6.01. The molecule has 2 heterocycles. The summed E-state index contributed by atoms with van der Waals surface area (Å²) in [4.78, 5) is 1.15. The number of thiophene rings is 1. The van der Waals surface area contributed by atoms with E-state index in [4.69, 9.17) is 17.3 Å². The third kappa shape index (κ3) is 2.72. The molecule has 0 bridgehead atoms. The number of nitrogens with two attached hydrogens (primary N) is 1. The predicted molar refractivity (Wildman–Crippen MR) is 79.0 cm³/mol. The Kier molecular flexibility index (Phi) is 4.91. The average molecular weight is 294 g/mol. The van der Waals surface area contributed by atoms with Gasteiger partial charge in [-0.3, -0.25) is 0 Å². The Bertz CT molecular complexity index is 342. The van der Waals surface area contributed by atoms with Crippen LogP contribution in [-0.2, 0) is 0 Å². The van der Waals surface area contributed by atoms with Crippen molar-refractivity contribution in [3.05, 3.63) is 21.3 Å². The van der Waals surface area contributed by atoms with Gasteiger partial charge in [-0.2, -0.15) is 23.5 Å². The third-order valence-corrected chi connectivity index (χ3v) is 7.63. The monoisotopic (exact) mass is 293 g/mol. The molecule has 1 aliphatic heterocycles. The molecular formula is C11H16ClNS3. The lowest BCUT2D eigenvalue weighted by Crippen LogP contribution is -2.35. The molecule has 3 atom stereocenters. The van der Waals surface area contributed by atoms with Gasteiger partial charge in [-0.05, 0) is 17.9 Å². The lowest BCUT2D eigenvalue weighted by Gasteiger charge is -2.33. The van der Waals surface area contributed by atoms with Crippen LogP contribution in [-0.4, -0.2) is 22.0 Å². The Hall–Kier alpha value is 0.650. The summed E-state index contributed by atoms with van der Waals surface area (Å²) in [5.74, 6) is 2.47. The van der Waals surface area contributed by atoms with Crippen molar-refractivity contribution in [2.75, 3.05) is 11.5 Å². The predicted octanol–water partition coefficient (Wildman–Crippen LogP) is 4.03. The molecular weight excluding hydrogens is 278 g/mol. The molecule has 16 heavy (non-hydrogen) atoms. The summed E-state index contributed by atoms with van der Waals surface area (Å²) < 4.78 is 0. The van der Waals surface area contributed by atoms with Crippen molar-refractivity contribution in [2.24, 2.45) is 5.73 Å². The molecule has 0 aromatic carbocycles. The fourth-order valence-electron chi connectivity index (χ4n) is 1.96. The molecule has 0 spiro atoms. The van der Waals surface area contributed by atoms with Crippen LogP contribution in [0.3, 0.4) is 0 Å². The molecule has 1 aromatic rings. The molecule has 1 aliphatic rings. The van der Waals surface area contributed by atoms with Crippen molar-refractivity contribution in [1.29, 1.82) is 0 Å². The van der Waals surface area contributed by atoms with Crippen molar-refractivity contribution in [2.45, 2.75) is 29.9 Å². The van der Waals surface area contributed by atoms with Crippen molar-refractivity contribution in [3.8, 4) is 0 Å². The average Bonchev–Trinajstić information content (AvgIpc) is 2.74. The highest BCUT2D eigenvalue weighted by Gasteiger charge is 2.32. The van der Waals surface area contributed by atoms with E-state index in [2.05, 4.69) is 18.7 Å². The molecule has 0 radical (unpaired) electrons. The molecule has 90 valence electrons. The van der Waals surface area contributed by atoms with Crippen LogP contribution < -0.4 is 5.73 Å². The maximum atomic E-state index is 6.37. The van der Waals surface area contributed by atoms with Gasteiger partial charge in [-0.15, -0.1) is 11.3 Å². The summed E-state index contributed by atoms with van der Waals surface area (Å²) in [6.45, 7) is 2.25. The van der Waals surface area contributed by atoms with Crippen LogP contribution in [0.5, 0.6) is 0 Å². The highest BCUT2D eigenvalue weighted by molar-refractivity contribution is 8.07. The largest absolute Gasteiger partial charge is 0.322 e. The van der Waals surface area contributed by atoms with Gasteiger partial charge in [0.1, 0.15) is 0 Å². The first kappa shape index (κ1) is 13.1. The van der Waals surface area contributed by atoms with Crippen LogP contribution in [0.1, 0.15) is 24.3 Å². The van der Waals surface area contributed by atoms with E-state index in [-0.39, 0.29) is 6.04 Å². The van der Waals surface area contributed by atoms with Crippen LogP contribution in [0.15, 0.2) is 11.4 Å². The van der Waals surface area contributed by atoms with E-state index in [0.717, 1.165) is 9.90 Å². The van der Waals surface area contributed by atoms with Crippen LogP contribution in [0.2, 0.25) is 5.02 Å². The fourth-order valence-corrected chi connectivity index (χ4v) is 6.44. The molecule has 5 heteroatoms. The van der Waals surface area contributed by atoms with Crippen LogP contribution in [0, 0.1) is 0 Å². The van der Waals surface area contributed by atoms with E-state index in [1.54, 1.807) is 11.3 Å². The second-order valence-corrected chi connectivity index (χ2v) is 7.80. The SMILES string of the molecule is CCC1SCCSC1C(N)c1sccc1Cl. The standard InChI is InChI=1S/C11H16ClNS3/c1-2-8-11(16-6-5-14-8)9(13)10-7(12)3-4-15-10/h3-4,8-9,11H,2,5-6,13H2,1H3. The summed E-state index contributed by atoms with van der Waals surface area (Å²) in [5, 5.41) is 4.05. The molecule has 0 amide bonds. The molecule has 1 nitrogen and oxygen atoms in total. The molecule has 2 rings (SSSR count). The summed E-state index contributed by atoms with van der Waals surface area (Å²) in [7, 11) is 0. The quantitative estimate of drug-likeness (QED) is 0.911. The van der Waals surface area contributed by atoms with Crippen molar-refractivity contribution in [3.63, 3.8) is 0 Å². The van der Waals surface area contributed by atoms with Crippen molar-refractivity contribution < 1.29 is 0 Å². The number of hydrogen-bond donors (Lipinski definition) is 1. The zero-order valence-corrected chi connectivity index (χ0v) is 12.4. The Morgan fingerprint density at radius 3 is 2.88 bits per heavy atom. The minimum atomic E-state index is 0.0928. The first-order valence-corrected chi connectivity index (χ1v) is 8.81.